The lowest BCUT2D eigenvalue weighted by Crippen LogP contribution is -2.23. The van der Waals surface area contributed by atoms with Gasteiger partial charge in [0.05, 0.1) is 10.5 Å². The first-order valence-corrected chi connectivity index (χ1v) is 7.26. The highest BCUT2D eigenvalue weighted by atomic mass is 79.9. The van der Waals surface area contributed by atoms with Crippen molar-refractivity contribution in [3.8, 4) is 0 Å². The average Bonchev–Trinajstić information content (AvgIpc) is 2.42. The van der Waals surface area contributed by atoms with Gasteiger partial charge < -0.3 is 5.32 Å². The zero-order valence-corrected chi connectivity index (χ0v) is 13.0. The number of aryl methyl sites for hydroxylation is 1. The summed E-state index contributed by atoms with van der Waals surface area (Å²) in [7, 11) is 0. The minimum atomic E-state index is -0.325. The van der Waals surface area contributed by atoms with Crippen LogP contribution in [0.25, 0.3) is 0 Å². The van der Waals surface area contributed by atoms with Crippen LogP contribution in [0.1, 0.15) is 29.7 Å². The molecule has 1 unspecified atom stereocenters. The van der Waals surface area contributed by atoms with Crippen LogP contribution in [0, 0.1) is 18.6 Å². The van der Waals surface area contributed by atoms with Crippen LogP contribution in [0.15, 0.2) is 40.9 Å². The molecule has 2 rings (SSSR count). The molecule has 0 saturated carbocycles. The van der Waals surface area contributed by atoms with Crippen molar-refractivity contribution in [2.45, 2.75) is 19.9 Å². The van der Waals surface area contributed by atoms with Crippen LogP contribution in [-0.4, -0.2) is 6.54 Å². The van der Waals surface area contributed by atoms with Crippen molar-refractivity contribution in [2.24, 2.45) is 0 Å². The van der Waals surface area contributed by atoms with Crippen LogP contribution in [0.5, 0.6) is 0 Å². The van der Waals surface area contributed by atoms with E-state index in [1.54, 1.807) is 18.2 Å². The van der Waals surface area contributed by atoms with Crippen LogP contribution >= 0.6 is 15.9 Å². The lowest BCUT2D eigenvalue weighted by Gasteiger charge is -2.20. The van der Waals surface area contributed by atoms with Gasteiger partial charge >= 0.3 is 0 Å². The molecular formula is C16H16BrF2N. The fraction of sp³-hybridized carbons (Fsp3) is 0.250. The predicted molar refractivity (Wildman–Crippen MR) is 80.8 cm³/mol. The summed E-state index contributed by atoms with van der Waals surface area (Å²) in [5.41, 5.74) is 2.39. The van der Waals surface area contributed by atoms with E-state index < -0.39 is 0 Å². The van der Waals surface area contributed by atoms with E-state index in [9.17, 15) is 8.78 Å². The Hall–Kier alpha value is -1.26. The van der Waals surface area contributed by atoms with Crippen LogP contribution in [0.4, 0.5) is 8.78 Å². The molecule has 0 heterocycles. The van der Waals surface area contributed by atoms with Crippen LogP contribution in [-0.2, 0) is 0 Å². The van der Waals surface area contributed by atoms with E-state index in [0.29, 0.717) is 16.6 Å². The summed E-state index contributed by atoms with van der Waals surface area (Å²) >= 11 is 3.17. The third kappa shape index (κ3) is 3.25. The van der Waals surface area contributed by atoms with Gasteiger partial charge in [0.2, 0.25) is 0 Å². The number of hydrogen-bond donors (Lipinski definition) is 1. The van der Waals surface area contributed by atoms with Gasteiger partial charge in [0.15, 0.2) is 0 Å². The highest BCUT2D eigenvalue weighted by Crippen LogP contribution is 2.28. The Morgan fingerprint density at radius 3 is 2.45 bits per heavy atom. The van der Waals surface area contributed by atoms with E-state index in [0.717, 1.165) is 11.1 Å². The number of benzene rings is 2. The summed E-state index contributed by atoms with van der Waals surface area (Å²) in [4.78, 5) is 0. The predicted octanol–water partition coefficient (Wildman–Crippen LogP) is 4.73. The topological polar surface area (TPSA) is 12.0 Å². The van der Waals surface area contributed by atoms with Crippen molar-refractivity contribution in [1.82, 2.24) is 5.32 Å². The van der Waals surface area contributed by atoms with Crippen molar-refractivity contribution < 1.29 is 8.78 Å². The van der Waals surface area contributed by atoms with E-state index in [4.69, 9.17) is 0 Å². The number of hydrogen-bond acceptors (Lipinski definition) is 1. The van der Waals surface area contributed by atoms with Crippen LogP contribution in [0.2, 0.25) is 0 Å². The summed E-state index contributed by atoms with van der Waals surface area (Å²) in [6.07, 6.45) is 0. The van der Waals surface area contributed by atoms with E-state index in [1.165, 1.54) is 12.1 Å². The number of nitrogens with one attached hydrogen (secondary N) is 1. The Morgan fingerprint density at radius 1 is 1.10 bits per heavy atom. The molecule has 106 valence electrons. The molecule has 2 aromatic rings. The molecule has 20 heavy (non-hydrogen) atoms. The largest absolute Gasteiger partial charge is 0.306 e. The van der Waals surface area contributed by atoms with Gasteiger partial charge in [-0.1, -0.05) is 30.7 Å². The Labute approximate surface area is 126 Å². The summed E-state index contributed by atoms with van der Waals surface area (Å²) in [5, 5.41) is 3.25. The minimum absolute atomic E-state index is 0.262. The van der Waals surface area contributed by atoms with Gasteiger partial charge in [0.25, 0.3) is 0 Å². The smallest absolute Gasteiger partial charge is 0.137 e. The standard InChI is InChI=1S/C16H16BrF2N/c1-3-20-16(11-5-7-15(19)13(17)9-11)12-8-10(2)4-6-14(12)18/h4-9,16,20H,3H2,1-2H3. The summed E-state index contributed by atoms with van der Waals surface area (Å²) in [6.45, 7) is 4.57. The second-order valence-electron chi connectivity index (χ2n) is 4.69. The zero-order valence-electron chi connectivity index (χ0n) is 11.4. The molecule has 1 N–H and O–H groups in total. The Bertz CT molecular complexity index is 613. The summed E-state index contributed by atoms with van der Waals surface area (Å²) in [5.74, 6) is -0.587. The monoisotopic (exact) mass is 339 g/mol. The lowest BCUT2D eigenvalue weighted by atomic mass is 9.96. The van der Waals surface area contributed by atoms with Crippen LogP contribution < -0.4 is 5.32 Å². The Balaban J connectivity index is 2.49. The van der Waals surface area contributed by atoms with Gasteiger partial charge in [-0.25, -0.2) is 8.78 Å². The SMILES string of the molecule is CCNC(c1ccc(F)c(Br)c1)c1cc(C)ccc1F. The molecule has 0 aromatic heterocycles. The van der Waals surface area contributed by atoms with Gasteiger partial charge in [-0.3, -0.25) is 0 Å². The maximum atomic E-state index is 14.1. The quantitative estimate of drug-likeness (QED) is 0.848. The first-order chi connectivity index (χ1) is 9.52. The maximum absolute atomic E-state index is 14.1. The molecule has 0 saturated heterocycles. The normalized spacial score (nSPS) is 12.4. The number of halogens is 3. The molecule has 0 aliphatic rings. The fourth-order valence-corrected chi connectivity index (χ4v) is 2.58. The highest BCUT2D eigenvalue weighted by Gasteiger charge is 2.18. The lowest BCUT2D eigenvalue weighted by molar-refractivity contribution is 0.556. The zero-order chi connectivity index (χ0) is 14.7. The average molecular weight is 340 g/mol. The molecule has 0 spiro atoms. The number of rotatable bonds is 4. The highest BCUT2D eigenvalue weighted by molar-refractivity contribution is 9.10. The summed E-state index contributed by atoms with van der Waals surface area (Å²) < 4.78 is 27.8. The van der Waals surface area contributed by atoms with Gasteiger partial charge in [-0.15, -0.1) is 0 Å². The molecule has 0 fully saturated rings. The van der Waals surface area contributed by atoms with Crippen molar-refractivity contribution in [1.29, 1.82) is 0 Å². The van der Waals surface area contributed by atoms with Crippen molar-refractivity contribution in [3.05, 3.63) is 69.2 Å². The molecule has 2 aromatic carbocycles. The fourth-order valence-electron chi connectivity index (χ4n) is 2.19. The van der Waals surface area contributed by atoms with Gasteiger partial charge in [-0.2, -0.15) is 0 Å². The first-order valence-electron chi connectivity index (χ1n) is 6.47. The van der Waals surface area contributed by atoms with Gasteiger partial charge in [0.1, 0.15) is 11.6 Å². The van der Waals surface area contributed by atoms with Crippen molar-refractivity contribution >= 4 is 15.9 Å². The van der Waals surface area contributed by atoms with Crippen molar-refractivity contribution in [3.63, 3.8) is 0 Å². The van der Waals surface area contributed by atoms with E-state index in [2.05, 4.69) is 21.2 Å². The van der Waals surface area contributed by atoms with E-state index in [-0.39, 0.29) is 17.7 Å². The molecule has 1 nitrogen and oxygen atoms in total. The van der Waals surface area contributed by atoms with Crippen molar-refractivity contribution in [2.75, 3.05) is 6.54 Å². The second kappa shape index (κ2) is 6.46. The van der Waals surface area contributed by atoms with E-state index >= 15 is 0 Å². The third-order valence-corrected chi connectivity index (χ3v) is 3.76. The minimum Gasteiger partial charge on any atom is -0.306 e. The maximum Gasteiger partial charge on any atom is 0.137 e. The Morgan fingerprint density at radius 2 is 1.80 bits per heavy atom. The summed E-state index contributed by atoms with van der Waals surface area (Å²) in [6, 6.07) is 9.48. The van der Waals surface area contributed by atoms with Gasteiger partial charge in [-0.05, 0) is 53.2 Å². The first kappa shape index (κ1) is 15.1. The molecule has 4 heteroatoms. The second-order valence-corrected chi connectivity index (χ2v) is 5.54. The molecule has 1 atom stereocenters. The van der Waals surface area contributed by atoms with Crippen LogP contribution in [0.3, 0.4) is 0 Å². The van der Waals surface area contributed by atoms with E-state index in [1.807, 2.05) is 19.9 Å². The third-order valence-electron chi connectivity index (χ3n) is 3.15. The molecule has 0 bridgehead atoms. The molecule has 0 radical (unpaired) electrons. The molecular weight excluding hydrogens is 324 g/mol. The molecule has 0 amide bonds. The van der Waals surface area contributed by atoms with Gasteiger partial charge in [0, 0.05) is 5.56 Å². The molecule has 0 aliphatic heterocycles. The Kier molecular flexibility index (Phi) is 4.89. The molecule has 0 aliphatic carbocycles.